The van der Waals surface area contributed by atoms with E-state index in [1.807, 2.05) is 12.1 Å². The number of hydrogen-bond acceptors (Lipinski definition) is 2. The van der Waals surface area contributed by atoms with E-state index in [2.05, 4.69) is 34.1 Å². The van der Waals surface area contributed by atoms with Crippen molar-refractivity contribution >= 4 is 11.6 Å². The Balaban J connectivity index is 1.69. The Kier molecular flexibility index (Phi) is 3.81. The highest BCUT2D eigenvalue weighted by Crippen LogP contribution is 2.17. The minimum Gasteiger partial charge on any atom is -0.297 e. The average Bonchev–Trinajstić information content (AvgIpc) is 2.62. The van der Waals surface area contributed by atoms with Gasteiger partial charge in [0.1, 0.15) is 0 Å². The smallest absolute Gasteiger partial charge is 0.0558 e. The zero-order valence-electron chi connectivity index (χ0n) is 10.8. The molecule has 0 unspecified atom stereocenters. The largest absolute Gasteiger partial charge is 0.297 e. The molecule has 0 radical (unpaired) electrons. The van der Waals surface area contributed by atoms with Gasteiger partial charge in [-0.1, -0.05) is 35.9 Å². The maximum absolute atomic E-state index is 6.01. The van der Waals surface area contributed by atoms with E-state index >= 15 is 0 Å². The topological polar surface area (TPSA) is 16.1 Å². The third kappa shape index (κ3) is 3.14. The van der Waals surface area contributed by atoms with Crippen molar-refractivity contribution < 1.29 is 0 Å². The van der Waals surface area contributed by atoms with E-state index in [0.717, 1.165) is 43.2 Å². The lowest BCUT2D eigenvalue weighted by Gasteiger charge is -2.19. The second-order valence-corrected chi connectivity index (χ2v) is 5.45. The van der Waals surface area contributed by atoms with Gasteiger partial charge in [0.05, 0.1) is 5.69 Å². The predicted molar refractivity (Wildman–Crippen MR) is 78.4 cm³/mol. The van der Waals surface area contributed by atoms with Crippen molar-refractivity contribution in [2.45, 2.75) is 19.4 Å². The van der Waals surface area contributed by atoms with E-state index in [-0.39, 0.29) is 0 Å². The molecule has 0 atom stereocenters. The van der Waals surface area contributed by atoms with E-state index < -0.39 is 0 Å². The summed E-state index contributed by atoms with van der Waals surface area (Å²) in [4.78, 5) is 6.84. The normalized spacial score (nSPS) is 15.8. The first kappa shape index (κ1) is 12.6. The molecule has 0 spiro atoms. The first-order chi connectivity index (χ1) is 9.31. The van der Waals surface area contributed by atoms with Crippen molar-refractivity contribution in [1.82, 2.24) is 9.88 Å². The molecule has 2 aromatic rings. The molecule has 0 saturated heterocycles. The van der Waals surface area contributed by atoms with E-state index in [4.69, 9.17) is 11.6 Å². The number of pyridine rings is 1. The highest BCUT2D eigenvalue weighted by Gasteiger charge is 2.14. The van der Waals surface area contributed by atoms with Gasteiger partial charge in [0, 0.05) is 30.9 Å². The molecule has 0 N–H and O–H groups in total. The Morgan fingerprint density at radius 1 is 1.05 bits per heavy atom. The van der Waals surface area contributed by atoms with Crippen LogP contribution in [0.5, 0.6) is 0 Å². The third-order valence-corrected chi connectivity index (χ3v) is 3.91. The Bertz CT molecular complexity index is 541. The van der Waals surface area contributed by atoms with Crippen molar-refractivity contribution in [3.63, 3.8) is 0 Å². The number of nitrogens with zero attached hydrogens (tertiary/aromatic N) is 2. The third-order valence-electron chi connectivity index (χ3n) is 3.68. The lowest BCUT2D eigenvalue weighted by molar-refractivity contribution is 0.276. The van der Waals surface area contributed by atoms with Crippen LogP contribution < -0.4 is 0 Å². The van der Waals surface area contributed by atoms with Crippen molar-refractivity contribution in [2.75, 3.05) is 13.1 Å². The minimum atomic E-state index is 0.767. The molecule has 2 nitrogen and oxygen atoms in total. The zero-order chi connectivity index (χ0) is 13.1. The maximum atomic E-state index is 6.01. The summed E-state index contributed by atoms with van der Waals surface area (Å²) in [5, 5.41) is 0.767. The maximum Gasteiger partial charge on any atom is 0.0558 e. The Morgan fingerprint density at radius 2 is 1.74 bits per heavy atom. The van der Waals surface area contributed by atoms with Gasteiger partial charge in [-0.3, -0.25) is 9.88 Å². The van der Waals surface area contributed by atoms with Gasteiger partial charge >= 0.3 is 0 Å². The first-order valence-corrected chi connectivity index (χ1v) is 7.08. The molecule has 98 valence electrons. The molecule has 2 heterocycles. The molecule has 0 saturated carbocycles. The zero-order valence-corrected chi connectivity index (χ0v) is 11.6. The Morgan fingerprint density at radius 3 is 2.37 bits per heavy atom. The molecule has 1 aliphatic rings. The highest BCUT2D eigenvalue weighted by molar-refractivity contribution is 6.30. The van der Waals surface area contributed by atoms with Crippen LogP contribution in [0.2, 0.25) is 5.02 Å². The number of aromatic nitrogens is 1. The predicted octanol–water partition coefficient (Wildman–Crippen LogP) is 3.34. The number of rotatable bonds is 2. The summed E-state index contributed by atoms with van der Waals surface area (Å²) < 4.78 is 0. The minimum absolute atomic E-state index is 0.767. The van der Waals surface area contributed by atoms with Crippen molar-refractivity contribution in [3.8, 4) is 0 Å². The average molecular weight is 273 g/mol. The van der Waals surface area contributed by atoms with E-state index in [1.54, 1.807) is 6.20 Å². The van der Waals surface area contributed by atoms with Crippen LogP contribution in [-0.2, 0) is 19.4 Å². The van der Waals surface area contributed by atoms with Gasteiger partial charge in [-0.05, 0) is 36.1 Å². The van der Waals surface area contributed by atoms with Crippen LogP contribution in [0.1, 0.15) is 16.8 Å². The van der Waals surface area contributed by atoms with Crippen LogP contribution in [0.3, 0.4) is 0 Å². The van der Waals surface area contributed by atoms with Crippen LogP contribution in [0, 0.1) is 0 Å². The molecule has 1 aromatic heterocycles. The summed E-state index contributed by atoms with van der Waals surface area (Å²) in [5.74, 6) is 0. The van der Waals surface area contributed by atoms with Gasteiger partial charge in [-0.15, -0.1) is 0 Å². The molecule has 0 amide bonds. The number of fused-ring (bicyclic) bond motifs is 1. The molecule has 19 heavy (non-hydrogen) atoms. The molecule has 1 aliphatic heterocycles. The van der Waals surface area contributed by atoms with Crippen molar-refractivity contribution in [1.29, 1.82) is 0 Å². The first-order valence-electron chi connectivity index (χ1n) is 6.71. The van der Waals surface area contributed by atoms with Gasteiger partial charge < -0.3 is 0 Å². The molecule has 1 aromatic carbocycles. The number of benzene rings is 1. The quantitative estimate of drug-likeness (QED) is 0.834. The van der Waals surface area contributed by atoms with Crippen LogP contribution in [0.15, 0.2) is 42.6 Å². The van der Waals surface area contributed by atoms with Gasteiger partial charge in [-0.25, -0.2) is 0 Å². The Hall–Kier alpha value is -1.38. The summed E-state index contributed by atoms with van der Waals surface area (Å²) in [5.41, 5.74) is 4.03. The van der Waals surface area contributed by atoms with Crippen molar-refractivity contribution in [2.24, 2.45) is 0 Å². The fourth-order valence-corrected chi connectivity index (χ4v) is 2.82. The van der Waals surface area contributed by atoms with Crippen LogP contribution in [-0.4, -0.2) is 23.0 Å². The molecular weight excluding hydrogens is 256 g/mol. The molecule has 0 bridgehead atoms. The molecular formula is C16H17ClN2. The Labute approximate surface area is 119 Å². The summed E-state index contributed by atoms with van der Waals surface area (Å²) >= 11 is 6.01. The standard InChI is InChI=1S/C16H17ClN2/c17-15-5-8-18-16(11-15)12-19-9-6-13-3-1-2-4-14(13)7-10-19/h1-5,8,11H,6-7,9-10,12H2. The fourth-order valence-electron chi connectivity index (χ4n) is 2.64. The molecule has 0 fully saturated rings. The lowest BCUT2D eigenvalue weighted by atomic mass is 10.0. The highest BCUT2D eigenvalue weighted by atomic mass is 35.5. The van der Waals surface area contributed by atoms with Gasteiger partial charge in [-0.2, -0.15) is 0 Å². The fraction of sp³-hybridized carbons (Fsp3) is 0.312. The monoisotopic (exact) mass is 272 g/mol. The van der Waals surface area contributed by atoms with Gasteiger partial charge in [0.15, 0.2) is 0 Å². The molecule has 3 rings (SSSR count). The van der Waals surface area contributed by atoms with Crippen LogP contribution >= 0.6 is 11.6 Å². The summed E-state index contributed by atoms with van der Waals surface area (Å²) in [6.07, 6.45) is 4.03. The van der Waals surface area contributed by atoms with Crippen LogP contribution in [0.25, 0.3) is 0 Å². The summed E-state index contributed by atoms with van der Waals surface area (Å²) in [6, 6.07) is 12.5. The number of hydrogen-bond donors (Lipinski definition) is 0. The van der Waals surface area contributed by atoms with E-state index in [1.165, 1.54) is 11.1 Å². The van der Waals surface area contributed by atoms with Crippen LogP contribution in [0.4, 0.5) is 0 Å². The molecule has 0 aliphatic carbocycles. The lowest BCUT2D eigenvalue weighted by Crippen LogP contribution is -2.26. The van der Waals surface area contributed by atoms with Crippen molar-refractivity contribution in [3.05, 3.63) is 64.4 Å². The van der Waals surface area contributed by atoms with E-state index in [9.17, 15) is 0 Å². The second kappa shape index (κ2) is 5.72. The second-order valence-electron chi connectivity index (χ2n) is 5.01. The summed E-state index contributed by atoms with van der Waals surface area (Å²) in [7, 11) is 0. The number of halogens is 1. The van der Waals surface area contributed by atoms with Gasteiger partial charge in [0.2, 0.25) is 0 Å². The SMILES string of the molecule is Clc1ccnc(CN2CCc3ccccc3CC2)c1. The van der Waals surface area contributed by atoms with Gasteiger partial charge in [0.25, 0.3) is 0 Å². The summed E-state index contributed by atoms with van der Waals surface area (Å²) in [6.45, 7) is 3.06. The molecule has 3 heteroatoms. The van der Waals surface area contributed by atoms with E-state index in [0.29, 0.717) is 0 Å².